The molecule has 2 aromatic rings. The van der Waals surface area contributed by atoms with E-state index in [2.05, 4.69) is 17.0 Å². The number of amidine groups is 2. The molecule has 0 saturated carbocycles. The van der Waals surface area contributed by atoms with Crippen LogP contribution in [0.4, 0.5) is 0 Å². The van der Waals surface area contributed by atoms with Crippen LogP contribution in [0.5, 0.6) is 17.2 Å². The van der Waals surface area contributed by atoms with Crippen LogP contribution in [0.2, 0.25) is 0 Å². The molecular formula is C27H30N4O5S. The number of nitrogens with one attached hydrogen (secondary N) is 1. The lowest BCUT2D eigenvalue weighted by Crippen LogP contribution is -2.35. The highest BCUT2D eigenvalue weighted by Gasteiger charge is 2.35. The summed E-state index contributed by atoms with van der Waals surface area (Å²) < 4.78 is 22.6. The number of hydrazone groups is 1. The molecule has 9 nitrogen and oxygen atoms in total. The Balaban J connectivity index is 1.30. The molecule has 0 fully saturated rings. The summed E-state index contributed by atoms with van der Waals surface area (Å²) in [6.07, 6.45) is 3.33. The molecule has 0 saturated heterocycles. The van der Waals surface area contributed by atoms with E-state index in [0.717, 1.165) is 29.2 Å². The van der Waals surface area contributed by atoms with E-state index in [0.29, 0.717) is 48.7 Å². The lowest BCUT2D eigenvalue weighted by molar-refractivity contribution is -0.114. The van der Waals surface area contributed by atoms with Gasteiger partial charge in [-0.15, -0.1) is 0 Å². The van der Waals surface area contributed by atoms with Gasteiger partial charge in [0, 0.05) is 0 Å². The van der Waals surface area contributed by atoms with Crippen LogP contribution in [0.15, 0.2) is 58.1 Å². The summed E-state index contributed by atoms with van der Waals surface area (Å²) >= 11 is 1.34. The van der Waals surface area contributed by atoms with Gasteiger partial charge in [0.05, 0.1) is 25.9 Å². The van der Waals surface area contributed by atoms with Gasteiger partial charge in [0.2, 0.25) is 5.17 Å². The molecule has 2 heterocycles. The summed E-state index contributed by atoms with van der Waals surface area (Å²) in [4.78, 5) is 16.7. The number of amides is 1. The minimum absolute atomic E-state index is 0.0106. The van der Waals surface area contributed by atoms with E-state index in [1.165, 1.54) is 16.8 Å². The van der Waals surface area contributed by atoms with Gasteiger partial charge in [-0.3, -0.25) is 10.2 Å². The molecule has 4 rings (SSSR count). The van der Waals surface area contributed by atoms with Crippen molar-refractivity contribution in [3.8, 4) is 17.2 Å². The van der Waals surface area contributed by atoms with Gasteiger partial charge in [-0.1, -0.05) is 31.2 Å². The summed E-state index contributed by atoms with van der Waals surface area (Å²) in [6.45, 7) is 5.70. The predicted molar refractivity (Wildman–Crippen MR) is 146 cm³/mol. The normalized spacial score (nSPS) is 16.0. The Labute approximate surface area is 220 Å². The number of carbonyl (C=O) groups excluding carboxylic acids is 1. The third kappa shape index (κ3) is 6.58. The SMILES string of the molecule is CCCC1=NN2C(=N)C(=Cc3ccc(OCCOCCOc4ccccc4C)c(OC)c3)C(=O)N=C2S1. The molecule has 1 amide bonds. The van der Waals surface area contributed by atoms with Crippen molar-refractivity contribution in [1.29, 1.82) is 5.41 Å². The summed E-state index contributed by atoms with van der Waals surface area (Å²) in [5.41, 5.74) is 1.94. The van der Waals surface area contributed by atoms with E-state index in [-0.39, 0.29) is 11.4 Å². The Kier molecular flexibility index (Phi) is 8.97. The number of aryl methyl sites for hydroxylation is 1. The quantitative estimate of drug-likeness (QED) is 0.312. The maximum Gasteiger partial charge on any atom is 0.283 e. The van der Waals surface area contributed by atoms with Gasteiger partial charge >= 0.3 is 0 Å². The molecule has 0 radical (unpaired) electrons. The Morgan fingerprint density at radius 2 is 1.78 bits per heavy atom. The largest absolute Gasteiger partial charge is 0.493 e. The average Bonchev–Trinajstić information content (AvgIpc) is 3.30. The third-order valence-electron chi connectivity index (χ3n) is 5.52. The van der Waals surface area contributed by atoms with E-state index in [9.17, 15) is 4.79 Å². The zero-order valence-electron chi connectivity index (χ0n) is 21.2. The zero-order valence-corrected chi connectivity index (χ0v) is 22.0. The van der Waals surface area contributed by atoms with Gasteiger partial charge in [0.15, 0.2) is 17.3 Å². The predicted octanol–water partition coefficient (Wildman–Crippen LogP) is 4.90. The first-order valence-electron chi connectivity index (χ1n) is 12.1. The first-order valence-corrected chi connectivity index (χ1v) is 12.9. The van der Waals surface area contributed by atoms with Crippen LogP contribution >= 0.6 is 11.8 Å². The van der Waals surface area contributed by atoms with Crippen molar-refractivity contribution in [2.45, 2.75) is 26.7 Å². The topological polar surface area (TPSA) is 106 Å². The minimum Gasteiger partial charge on any atom is -0.493 e. The number of methoxy groups -OCH3 is 1. The Bertz CT molecular complexity index is 1260. The molecule has 2 aromatic carbocycles. The molecule has 194 valence electrons. The Hall–Kier alpha value is -3.63. The van der Waals surface area contributed by atoms with Crippen molar-refractivity contribution in [3.05, 3.63) is 59.2 Å². The number of ether oxygens (including phenoxy) is 4. The molecule has 1 N–H and O–H groups in total. The summed E-state index contributed by atoms with van der Waals surface area (Å²) in [6, 6.07) is 13.2. The standard InChI is InChI=1S/C27H30N4O5S/c1-4-7-24-30-31-25(28)20(26(32)29-27(31)37-24)16-19-10-11-22(23(17-19)33-3)36-15-13-34-12-14-35-21-9-6-5-8-18(21)2/h5-6,8-11,16-17,28H,4,7,12-15H2,1-3H3. The van der Waals surface area contributed by atoms with E-state index in [1.807, 2.05) is 31.2 Å². The molecule has 0 unspecified atom stereocenters. The van der Waals surface area contributed by atoms with Crippen LogP contribution in [-0.4, -0.2) is 60.5 Å². The van der Waals surface area contributed by atoms with Crippen molar-refractivity contribution < 1.29 is 23.7 Å². The van der Waals surface area contributed by atoms with Crippen LogP contribution in [0.3, 0.4) is 0 Å². The fourth-order valence-corrected chi connectivity index (χ4v) is 4.63. The number of carbonyl (C=O) groups is 1. The molecule has 10 heteroatoms. The number of benzene rings is 2. The molecule has 2 aliphatic rings. The van der Waals surface area contributed by atoms with Crippen molar-refractivity contribution in [3.63, 3.8) is 0 Å². The van der Waals surface area contributed by atoms with Crippen molar-refractivity contribution in [2.75, 3.05) is 33.5 Å². The summed E-state index contributed by atoms with van der Waals surface area (Å²) in [7, 11) is 1.55. The number of rotatable bonds is 12. The lowest BCUT2D eigenvalue weighted by atomic mass is 10.1. The van der Waals surface area contributed by atoms with E-state index in [4.69, 9.17) is 24.4 Å². The van der Waals surface area contributed by atoms with E-state index < -0.39 is 5.91 Å². The highest BCUT2D eigenvalue weighted by atomic mass is 32.2. The van der Waals surface area contributed by atoms with Crippen LogP contribution in [0.1, 0.15) is 30.9 Å². The second kappa shape index (κ2) is 12.6. The Morgan fingerprint density at radius 1 is 1.03 bits per heavy atom. The molecule has 2 aliphatic heterocycles. The van der Waals surface area contributed by atoms with Gasteiger partial charge in [-0.05, 0) is 66.9 Å². The van der Waals surface area contributed by atoms with Crippen molar-refractivity contribution in [1.82, 2.24) is 5.01 Å². The molecular weight excluding hydrogens is 492 g/mol. The van der Waals surface area contributed by atoms with E-state index >= 15 is 0 Å². The van der Waals surface area contributed by atoms with Crippen LogP contribution < -0.4 is 14.2 Å². The van der Waals surface area contributed by atoms with Gasteiger partial charge in [-0.25, -0.2) is 0 Å². The maximum atomic E-state index is 12.6. The molecule has 0 spiro atoms. The number of hydrogen-bond acceptors (Lipinski definition) is 8. The molecule has 0 bridgehead atoms. The van der Waals surface area contributed by atoms with Gasteiger partial charge in [0.25, 0.3) is 5.91 Å². The van der Waals surface area contributed by atoms with E-state index in [1.54, 1.807) is 31.4 Å². The second-order valence-electron chi connectivity index (χ2n) is 8.25. The highest BCUT2D eigenvalue weighted by molar-refractivity contribution is 8.26. The van der Waals surface area contributed by atoms with Gasteiger partial charge < -0.3 is 18.9 Å². The summed E-state index contributed by atoms with van der Waals surface area (Å²) in [5.74, 6) is 1.47. The van der Waals surface area contributed by atoms with Crippen molar-refractivity contribution >= 4 is 39.8 Å². The Morgan fingerprint density at radius 3 is 2.51 bits per heavy atom. The fourth-order valence-electron chi connectivity index (χ4n) is 3.65. The number of thioether (sulfide) groups is 1. The molecule has 37 heavy (non-hydrogen) atoms. The maximum absolute atomic E-state index is 12.6. The first-order chi connectivity index (χ1) is 18.0. The number of nitrogens with zero attached hydrogens (tertiary/aromatic N) is 3. The average molecular weight is 523 g/mol. The second-order valence-corrected chi connectivity index (χ2v) is 9.29. The molecule has 0 aliphatic carbocycles. The van der Waals surface area contributed by atoms with Crippen LogP contribution in [0.25, 0.3) is 6.08 Å². The minimum atomic E-state index is -0.459. The summed E-state index contributed by atoms with van der Waals surface area (Å²) in [5, 5.41) is 15.6. The number of fused-ring (bicyclic) bond motifs is 1. The third-order valence-corrected chi connectivity index (χ3v) is 6.49. The zero-order chi connectivity index (χ0) is 26.2. The van der Waals surface area contributed by atoms with Crippen molar-refractivity contribution in [2.24, 2.45) is 10.1 Å². The molecule has 0 atom stereocenters. The smallest absolute Gasteiger partial charge is 0.283 e. The number of aliphatic imine (C=N–C) groups is 1. The highest BCUT2D eigenvalue weighted by Crippen LogP contribution is 2.32. The van der Waals surface area contributed by atoms with Gasteiger partial charge in [0.1, 0.15) is 24.0 Å². The molecule has 0 aromatic heterocycles. The monoisotopic (exact) mass is 522 g/mol. The lowest BCUT2D eigenvalue weighted by Gasteiger charge is -2.20. The number of hydrogen-bond donors (Lipinski definition) is 1. The van der Waals surface area contributed by atoms with Gasteiger partial charge in [-0.2, -0.15) is 15.1 Å². The van der Waals surface area contributed by atoms with Crippen LogP contribution in [-0.2, 0) is 9.53 Å². The first kappa shape index (κ1) is 26.4. The van der Waals surface area contributed by atoms with Crippen LogP contribution in [0, 0.1) is 12.3 Å². The number of para-hydroxylation sites is 1. The fraction of sp³-hybridized carbons (Fsp3) is 0.333.